The van der Waals surface area contributed by atoms with E-state index in [2.05, 4.69) is 54.6 Å². The molecule has 2 N–H and O–H groups in total. The first-order valence-corrected chi connectivity index (χ1v) is 15.7. The zero-order valence-electron chi connectivity index (χ0n) is 18.7. The van der Waals surface area contributed by atoms with Gasteiger partial charge in [0.1, 0.15) is 24.4 Å². The van der Waals surface area contributed by atoms with Gasteiger partial charge in [0.25, 0.3) is 0 Å². The highest BCUT2D eigenvalue weighted by Gasteiger charge is 2.49. The lowest BCUT2D eigenvalue weighted by atomic mass is 9.99. The van der Waals surface area contributed by atoms with Gasteiger partial charge in [0, 0.05) is 7.11 Å². The summed E-state index contributed by atoms with van der Waals surface area (Å²) >= 11 is 0. The van der Waals surface area contributed by atoms with E-state index in [4.69, 9.17) is 18.3 Å². The molecule has 8 heteroatoms. The minimum absolute atomic E-state index is 0.0669. The van der Waals surface area contributed by atoms with Gasteiger partial charge in [-0.1, -0.05) is 41.5 Å². The first kappa shape index (κ1) is 25.2. The highest BCUT2D eigenvalue weighted by atomic mass is 28.4. The molecular weight excluding hydrogens is 380 g/mol. The van der Waals surface area contributed by atoms with Crippen LogP contribution in [0.2, 0.25) is 36.3 Å². The quantitative estimate of drug-likeness (QED) is 0.554. The number of methoxy groups -OCH3 is 1. The first-order chi connectivity index (χ1) is 12.4. The van der Waals surface area contributed by atoms with Crippen LogP contribution in [-0.4, -0.2) is 71.3 Å². The molecule has 0 aliphatic carbocycles. The lowest BCUT2D eigenvalue weighted by Gasteiger charge is -2.46. The summed E-state index contributed by atoms with van der Waals surface area (Å²) in [5, 5.41) is 21.7. The highest BCUT2D eigenvalue weighted by Crippen LogP contribution is 2.37. The monoisotopic (exact) mass is 422 g/mol. The normalized spacial score (nSPS) is 30.6. The Hall–Kier alpha value is 0.194. The van der Waals surface area contributed by atoms with Crippen LogP contribution < -0.4 is 0 Å². The summed E-state index contributed by atoms with van der Waals surface area (Å²) in [7, 11) is -2.50. The molecule has 1 heterocycles. The molecule has 1 aliphatic heterocycles. The molecule has 0 aromatic rings. The van der Waals surface area contributed by atoms with Crippen LogP contribution in [0.5, 0.6) is 0 Å². The van der Waals surface area contributed by atoms with Gasteiger partial charge in [0.2, 0.25) is 0 Å². The van der Waals surface area contributed by atoms with Crippen molar-refractivity contribution in [2.75, 3.05) is 13.7 Å². The van der Waals surface area contributed by atoms with Crippen LogP contribution in [0.1, 0.15) is 41.5 Å². The average molecular weight is 423 g/mol. The van der Waals surface area contributed by atoms with Crippen molar-refractivity contribution in [2.24, 2.45) is 0 Å². The van der Waals surface area contributed by atoms with E-state index in [9.17, 15) is 10.2 Å². The third-order valence-electron chi connectivity index (χ3n) is 6.61. The van der Waals surface area contributed by atoms with E-state index in [0.29, 0.717) is 0 Å². The van der Waals surface area contributed by atoms with Gasteiger partial charge < -0.3 is 28.5 Å². The third kappa shape index (κ3) is 5.85. The maximum atomic E-state index is 11.0. The predicted octanol–water partition coefficient (Wildman–Crippen LogP) is 3.49. The fraction of sp³-hybridized carbons (Fsp3) is 1.00. The van der Waals surface area contributed by atoms with E-state index in [-0.39, 0.29) is 11.6 Å². The van der Waals surface area contributed by atoms with Crippen LogP contribution in [0.4, 0.5) is 0 Å². The lowest BCUT2D eigenvalue weighted by Crippen LogP contribution is -2.63. The molecule has 0 amide bonds. The number of rotatable bonds is 9. The summed E-state index contributed by atoms with van der Waals surface area (Å²) in [6.07, 6.45) is -4.11. The van der Waals surface area contributed by atoms with Gasteiger partial charge in [-0.3, -0.25) is 0 Å². The van der Waals surface area contributed by atoms with E-state index < -0.39 is 47.3 Å². The molecule has 0 saturated carbocycles. The van der Waals surface area contributed by atoms with Crippen molar-refractivity contribution in [2.45, 2.75) is 109 Å². The number of hydrogen-bond acceptors (Lipinski definition) is 6. The zero-order chi connectivity index (χ0) is 21.0. The second-order valence-electron chi connectivity index (χ2n) is 9.16. The average Bonchev–Trinajstić information content (AvgIpc) is 2.61. The van der Waals surface area contributed by atoms with Crippen molar-refractivity contribution in [1.29, 1.82) is 0 Å². The van der Waals surface area contributed by atoms with Gasteiger partial charge in [-0.05, 0) is 36.3 Å². The topological polar surface area (TPSA) is 77.4 Å². The molecule has 1 fully saturated rings. The fourth-order valence-corrected chi connectivity index (χ4v) is 7.04. The summed E-state index contributed by atoms with van der Waals surface area (Å²) in [5.74, 6) is 0. The number of aliphatic hydroxyl groups is 2. The minimum atomic E-state index is -2.01. The van der Waals surface area contributed by atoms with Gasteiger partial charge in [-0.15, -0.1) is 0 Å². The van der Waals surface area contributed by atoms with Gasteiger partial charge in [0.15, 0.2) is 22.9 Å². The maximum Gasteiger partial charge on any atom is 0.192 e. The maximum absolute atomic E-state index is 11.0. The van der Waals surface area contributed by atoms with Crippen molar-refractivity contribution >= 4 is 16.6 Å². The second kappa shape index (κ2) is 9.80. The molecule has 1 aliphatic rings. The molecule has 0 unspecified atom stereocenters. The number of aliphatic hydroxyl groups excluding tert-OH is 2. The fourth-order valence-electron chi connectivity index (χ4n) is 3.17. The molecule has 1 rings (SSSR count). The van der Waals surface area contributed by atoms with E-state index in [1.807, 2.05) is 0 Å². The lowest BCUT2D eigenvalue weighted by molar-refractivity contribution is -0.290. The van der Waals surface area contributed by atoms with Crippen LogP contribution in [-0.2, 0) is 18.3 Å². The summed E-state index contributed by atoms with van der Waals surface area (Å²) in [5.41, 5.74) is 0. The zero-order valence-corrected chi connectivity index (χ0v) is 20.7. The third-order valence-corrected chi connectivity index (χ3v) is 15.7. The van der Waals surface area contributed by atoms with Crippen LogP contribution >= 0.6 is 0 Å². The summed E-state index contributed by atoms with van der Waals surface area (Å²) in [6, 6.07) is 2.83. The molecular formula is C19H42O6Si2. The molecule has 0 bridgehead atoms. The van der Waals surface area contributed by atoms with Gasteiger partial charge in [-0.2, -0.15) is 0 Å². The molecule has 0 aromatic carbocycles. The van der Waals surface area contributed by atoms with E-state index >= 15 is 0 Å². The van der Waals surface area contributed by atoms with Gasteiger partial charge in [-0.25, -0.2) is 0 Å². The predicted molar refractivity (Wildman–Crippen MR) is 113 cm³/mol. The van der Waals surface area contributed by atoms with Crippen LogP contribution in [0, 0.1) is 0 Å². The Morgan fingerprint density at radius 1 is 0.963 bits per heavy atom. The summed E-state index contributed by atoms with van der Waals surface area (Å²) in [6.45, 7) is 17.5. The van der Waals surface area contributed by atoms with E-state index in [1.165, 1.54) is 7.11 Å². The molecule has 6 nitrogen and oxygen atoms in total. The minimum Gasteiger partial charge on any atom is -0.414 e. The van der Waals surface area contributed by atoms with Gasteiger partial charge >= 0.3 is 0 Å². The Labute approximate surface area is 167 Å². The number of hydrogen-bond donors (Lipinski definition) is 2. The highest BCUT2D eigenvalue weighted by molar-refractivity contribution is 6.74. The Balaban J connectivity index is 2.98. The van der Waals surface area contributed by atoms with Gasteiger partial charge in [0.05, 0.1) is 6.61 Å². The molecule has 5 atom stereocenters. The molecule has 1 saturated heterocycles. The smallest absolute Gasteiger partial charge is 0.192 e. The largest absolute Gasteiger partial charge is 0.414 e. The van der Waals surface area contributed by atoms with Crippen molar-refractivity contribution in [3.8, 4) is 0 Å². The van der Waals surface area contributed by atoms with Crippen molar-refractivity contribution < 1.29 is 28.5 Å². The Morgan fingerprint density at radius 2 is 1.48 bits per heavy atom. The Morgan fingerprint density at radius 3 is 1.89 bits per heavy atom. The standard InChI is InChI=1S/C19H42O6Si2/c1-10-27(11-2,12-3)25-17-15(20)14(24-18(22-7)16(17)21)13-23-26(8,9)19(4,5)6/h14-18,20-21H,10-13H2,1-9H3/t14-,15-,16+,17+,18+/m1/s1. The Bertz CT molecular complexity index is 442. The molecule has 162 valence electrons. The summed E-state index contributed by atoms with van der Waals surface area (Å²) < 4.78 is 23.9. The van der Waals surface area contributed by atoms with Crippen molar-refractivity contribution in [3.63, 3.8) is 0 Å². The van der Waals surface area contributed by atoms with Crippen molar-refractivity contribution in [3.05, 3.63) is 0 Å². The number of ether oxygens (including phenoxy) is 2. The van der Waals surface area contributed by atoms with E-state index in [1.54, 1.807) is 0 Å². The van der Waals surface area contributed by atoms with E-state index in [0.717, 1.165) is 18.1 Å². The Kier molecular flexibility index (Phi) is 9.16. The van der Waals surface area contributed by atoms with Crippen LogP contribution in [0.15, 0.2) is 0 Å². The summed E-state index contributed by atoms with van der Waals surface area (Å²) in [4.78, 5) is 0. The van der Waals surface area contributed by atoms with Crippen LogP contribution in [0.3, 0.4) is 0 Å². The molecule has 0 radical (unpaired) electrons. The SMILES string of the molecule is CC[Si](CC)(CC)O[C@@H]1[C@H](O)[C@@H](OC)O[C@H](CO[Si](C)(C)C(C)(C)C)[C@H]1O. The molecule has 0 spiro atoms. The first-order valence-electron chi connectivity index (χ1n) is 10.2. The molecule has 27 heavy (non-hydrogen) atoms. The molecule has 0 aromatic heterocycles. The second-order valence-corrected chi connectivity index (χ2v) is 18.7. The van der Waals surface area contributed by atoms with Crippen molar-refractivity contribution in [1.82, 2.24) is 0 Å². The van der Waals surface area contributed by atoms with Crippen LogP contribution in [0.25, 0.3) is 0 Å².